The van der Waals surface area contributed by atoms with E-state index in [9.17, 15) is 18.0 Å². The number of alkyl halides is 4. The van der Waals surface area contributed by atoms with Gasteiger partial charge in [-0.2, -0.15) is 13.2 Å². The second kappa shape index (κ2) is 6.47. The first-order valence-corrected chi connectivity index (χ1v) is 9.23. The molecule has 150 valence electrons. The molecule has 2 aliphatic rings. The SMILES string of the molecule is C[C@@H]1CN(C(C)(C)C)C[C@@]1(F)C(=O)N1CC(c2ccc(C(F)(F)F)cc2)C1. The van der Waals surface area contributed by atoms with Crippen LogP contribution in [0.3, 0.4) is 0 Å². The normalized spacial score (nSPS) is 27.7. The highest BCUT2D eigenvalue weighted by molar-refractivity contribution is 5.87. The first-order valence-electron chi connectivity index (χ1n) is 9.23. The van der Waals surface area contributed by atoms with Crippen LogP contribution in [0.1, 0.15) is 44.7 Å². The fourth-order valence-corrected chi connectivity index (χ4v) is 3.83. The molecule has 3 rings (SSSR count). The lowest BCUT2D eigenvalue weighted by Crippen LogP contribution is -2.58. The van der Waals surface area contributed by atoms with Crippen molar-refractivity contribution in [1.82, 2.24) is 9.80 Å². The van der Waals surface area contributed by atoms with Crippen LogP contribution in [0.2, 0.25) is 0 Å². The van der Waals surface area contributed by atoms with Gasteiger partial charge in [0.2, 0.25) is 5.67 Å². The van der Waals surface area contributed by atoms with Gasteiger partial charge in [0.1, 0.15) is 0 Å². The van der Waals surface area contributed by atoms with E-state index in [1.807, 2.05) is 25.7 Å². The molecule has 0 unspecified atom stereocenters. The van der Waals surface area contributed by atoms with Gasteiger partial charge in [-0.25, -0.2) is 4.39 Å². The maximum atomic E-state index is 15.5. The van der Waals surface area contributed by atoms with E-state index in [1.165, 1.54) is 17.0 Å². The van der Waals surface area contributed by atoms with E-state index in [0.29, 0.717) is 19.6 Å². The van der Waals surface area contributed by atoms with Crippen molar-refractivity contribution in [1.29, 1.82) is 0 Å². The number of hydrogen-bond donors (Lipinski definition) is 0. The number of benzene rings is 1. The predicted molar refractivity (Wildman–Crippen MR) is 95.1 cm³/mol. The smallest absolute Gasteiger partial charge is 0.339 e. The van der Waals surface area contributed by atoms with Crippen LogP contribution in [-0.4, -0.2) is 53.1 Å². The van der Waals surface area contributed by atoms with Gasteiger partial charge in [0, 0.05) is 43.6 Å². The van der Waals surface area contributed by atoms with Gasteiger partial charge >= 0.3 is 6.18 Å². The zero-order chi connectivity index (χ0) is 20.2. The summed E-state index contributed by atoms with van der Waals surface area (Å²) in [6, 6.07) is 4.99. The summed E-state index contributed by atoms with van der Waals surface area (Å²) in [5.74, 6) is -0.936. The van der Waals surface area contributed by atoms with E-state index < -0.39 is 29.2 Å². The van der Waals surface area contributed by atoms with E-state index in [4.69, 9.17) is 0 Å². The molecule has 0 aliphatic carbocycles. The number of amides is 1. The summed E-state index contributed by atoms with van der Waals surface area (Å²) in [6.45, 7) is 9.06. The van der Waals surface area contributed by atoms with Crippen molar-refractivity contribution in [3.8, 4) is 0 Å². The van der Waals surface area contributed by atoms with Crippen LogP contribution in [0.15, 0.2) is 24.3 Å². The summed E-state index contributed by atoms with van der Waals surface area (Å²) >= 11 is 0. The third kappa shape index (κ3) is 3.71. The summed E-state index contributed by atoms with van der Waals surface area (Å²) in [5, 5.41) is 0. The number of nitrogens with zero attached hydrogens (tertiary/aromatic N) is 2. The van der Waals surface area contributed by atoms with E-state index >= 15 is 4.39 Å². The minimum absolute atomic E-state index is 0.0461. The van der Waals surface area contributed by atoms with Crippen LogP contribution < -0.4 is 0 Å². The molecule has 2 fully saturated rings. The Morgan fingerprint density at radius 3 is 2.07 bits per heavy atom. The fraction of sp³-hybridized carbons (Fsp3) is 0.650. The molecule has 0 radical (unpaired) electrons. The molecule has 1 amide bonds. The van der Waals surface area contributed by atoms with Crippen molar-refractivity contribution >= 4 is 5.91 Å². The van der Waals surface area contributed by atoms with Gasteiger partial charge in [0.15, 0.2) is 0 Å². The van der Waals surface area contributed by atoms with Crippen LogP contribution >= 0.6 is 0 Å². The van der Waals surface area contributed by atoms with Crippen molar-refractivity contribution in [2.75, 3.05) is 26.2 Å². The number of rotatable bonds is 2. The molecular formula is C20H26F4N2O. The highest BCUT2D eigenvalue weighted by atomic mass is 19.4. The Hall–Kier alpha value is -1.63. The van der Waals surface area contributed by atoms with Gasteiger partial charge in [-0.05, 0) is 38.5 Å². The summed E-state index contributed by atoms with van der Waals surface area (Å²) in [5.41, 5.74) is -2.06. The molecule has 1 aromatic carbocycles. The Balaban J connectivity index is 1.63. The van der Waals surface area contributed by atoms with Gasteiger partial charge in [0.05, 0.1) is 5.56 Å². The van der Waals surface area contributed by atoms with Crippen LogP contribution in [0.4, 0.5) is 17.6 Å². The van der Waals surface area contributed by atoms with Crippen molar-refractivity contribution in [3.05, 3.63) is 35.4 Å². The van der Waals surface area contributed by atoms with Gasteiger partial charge < -0.3 is 4.90 Å². The summed E-state index contributed by atoms with van der Waals surface area (Å²) in [6.07, 6.45) is -4.36. The van der Waals surface area contributed by atoms with E-state index in [1.54, 1.807) is 6.92 Å². The van der Waals surface area contributed by atoms with E-state index in [0.717, 1.165) is 17.7 Å². The van der Waals surface area contributed by atoms with Gasteiger partial charge in [-0.1, -0.05) is 19.1 Å². The average Bonchev–Trinajstić information content (AvgIpc) is 2.82. The standard InChI is InChI=1S/C20H26F4N2O/c1-13-9-26(18(2,3)4)12-19(13,21)17(27)25-10-15(11-25)14-5-7-16(8-6-14)20(22,23)24/h5-8,13,15H,9-12H2,1-4H3/t13-,19+/m1/s1. The zero-order valence-electron chi connectivity index (χ0n) is 16.1. The van der Waals surface area contributed by atoms with Crippen molar-refractivity contribution in [2.45, 2.75) is 51.0 Å². The largest absolute Gasteiger partial charge is 0.416 e. The molecule has 0 N–H and O–H groups in total. The van der Waals surface area contributed by atoms with Crippen molar-refractivity contribution in [2.24, 2.45) is 5.92 Å². The summed E-state index contributed by atoms with van der Waals surface area (Å²) < 4.78 is 53.5. The summed E-state index contributed by atoms with van der Waals surface area (Å²) in [7, 11) is 0. The molecule has 27 heavy (non-hydrogen) atoms. The van der Waals surface area contributed by atoms with Crippen molar-refractivity contribution in [3.63, 3.8) is 0 Å². The molecule has 2 aliphatic heterocycles. The van der Waals surface area contributed by atoms with E-state index in [2.05, 4.69) is 0 Å². The average molecular weight is 386 g/mol. The number of likely N-dealkylation sites (tertiary alicyclic amines) is 2. The number of halogens is 4. The molecule has 0 saturated carbocycles. The van der Waals surface area contributed by atoms with Gasteiger partial charge in [0.25, 0.3) is 5.91 Å². The number of carbonyl (C=O) groups is 1. The summed E-state index contributed by atoms with van der Waals surface area (Å²) in [4.78, 5) is 16.3. The Bertz CT molecular complexity index is 704. The van der Waals surface area contributed by atoms with E-state index in [-0.39, 0.29) is 18.0 Å². The molecule has 0 aromatic heterocycles. The Kier molecular flexibility index (Phi) is 4.82. The second-order valence-electron chi connectivity index (χ2n) is 8.84. The third-order valence-corrected chi connectivity index (χ3v) is 5.88. The monoisotopic (exact) mass is 386 g/mol. The molecule has 2 saturated heterocycles. The van der Waals surface area contributed by atoms with Crippen molar-refractivity contribution < 1.29 is 22.4 Å². The topological polar surface area (TPSA) is 23.6 Å². The number of carbonyl (C=O) groups excluding carboxylic acids is 1. The Morgan fingerprint density at radius 2 is 1.63 bits per heavy atom. The predicted octanol–water partition coefficient (Wildman–Crippen LogP) is 4.09. The molecule has 0 bridgehead atoms. The number of hydrogen-bond acceptors (Lipinski definition) is 2. The minimum atomic E-state index is -4.36. The maximum absolute atomic E-state index is 15.5. The highest BCUT2D eigenvalue weighted by Gasteiger charge is 2.55. The van der Waals surface area contributed by atoms with Gasteiger partial charge in [-0.15, -0.1) is 0 Å². The maximum Gasteiger partial charge on any atom is 0.416 e. The van der Waals surface area contributed by atoms with Crippen LogP contribution in [0.5, 0.6) is 0 Å². The molecule has 0 spiro atoms. The lowest BCUT2D eigenvalue weighted by molar-refractivity contribution is -0.150. The highest BCUT2D eigenvalue weighted by Crippen LogP contribution is 2.39. The second-order valence-corrected chi connectivity index (χ2v) is 8.84. The minimum Gasteiger partial charge on any atom is -0.339 e. The third-order valence-electron chi connectivity index (χ3n) is 5.88. The molecule has 1 aromatic rings. The molecule has 3 nitrogen and oxygen atoms in total. The molecule has 2 heterocycles. The van der Waals surface area contributed by atoms with Crippen LogP contribution in [0.25, 0.3) is 0 Å². The quantitative estimate of drug-likeness (QED) is 0.715. The Labute approximate surface area is 157 Å². The molecule has 7 heteroatoms. The molecule has 2 atom stereocenters. The fourth-order valence-electron chi connectivity index (χ4n) is 3.83. The Morgan fingerprint density at radius 1 is 1.07 bits per heavy atom. The zero-order valence-corrected chi connectivity index (χ0v) is 16.1. The molecular weight excluding hydrogens is 360 g/mol. The first-order chi connectivity index (χ1) is 12.3. The van der Waals surface area contributed by atoms with Crippen LogP contribution in [-0.2, 0) is 11.0 Å². The lowest BCUT2D eigenvalue weighted by atomic mass is 9.86. The van der Waals surface area contributed by atoms with Gasteiger partial charge in [-0.3, -0.25) is 9.69 Å². The first kappa shape index (κ1) is 20.1. The van der Waals surface area contributed by atoms with Crippen LogP contribution in [0, 0.1) is 5.92 Å². The lowest BCUT2D eigenvalue weighted by Gasteiger charge is -2.43.